The number of amides is 1. The monoisotopic (exact) mass is 375 g/mol. The Morgan fingerprint density at radius 2 is 2.00 bits per heavy atom. The van der Waals surface area contributed by atoms with Gasteiger partial charge in [-0.2, -0.15) is 0 Å². The van der Waals surface area contributed by atoms with Gasteiger partial charge >= 0.3 is 5.97 Å². The Morgan fingerprint density at radius 3 is 2.61 bits per heavy atom. The fourth-order valence-electron chi connectivity index (χ4n) is 1.67. The third kappa shape index (κ3) is 4.96. The van der Waals surface area contributed by atoms with Crippen molar-refractivity contribution in [3.05, 3.63) is 76.8 Å². The first-order valence-electron chi connectivity index (χ1n) is 6.70. The van der Waals surface area contributed by atoms with Gasteiger partial charge in [0.2, 0.25) is 0 Å². The number of hydrogen-bond donors (Lipinski definition) is 1. The van der Waals surface area contributed by atoms with E-state index in [1.165, 1.54) is 18.4 Å². The zero-order valence-electron chi connectivity index (χ0n) is 12.1. The predicted molar refractivity (Wildman–Crippen MR) is 89.4 cm³/mol. The quantitative estimate of drug-likeness (QED) is 0.476. The largest absolute Gasteiger partial charge is 0.465 e. The third-order valence-corrected chi connectivity index (χ3v) is 3.27. The number of halogens is 1. The maximum absolute atomic E-state index is 12.2. The van der Waals surface area contributed by atoms with Gasteiger partial charge in [0.05, 0.1) is 6.26 Å². The highest BCUT2D eigenvalue weighted by molar-refractivity contribution is 9.10. The number of hydrogen-bond acceptors (Lipinski definition) is 4. The summed E-state index contributed by atoms with van der Waals surface area (Å²) < 4.78 is 11.0. The van der Waals surface area contributed by atoms with Crippen LogP contribution in [0, 0.1) is 0 Å². The zero-order valence-corrected chi connectivity index (χ0v) is 13.7. The molecule has 0 aliphatic rings. The average Bonchev–Trinajstić information content (AvgIpc) is 3.05. The second-order valence-corrected chi connectivity index (χ2v) is 5.34. The normalized spacial score (nSPS) is 10.9. The molecule has 0 bridgehead atoms. The van der Waals surface area contributed by atoms with Gasteiger partial charge < -0.3 is 14.5 Å². The van der Waals surface area contributed by atoms with E-state index in [1.807, 2.05) is 0 Å². The van der Waals surface area contributed by atoms with Gasteiger partial charge in [0.25, 0.3) is 5.91 Å². The van der Waals surface area contributed by atoms with Crippen LogP contribution >= 0.6 is 15.9 Å². The van der Waals surface area contributed by atoms with Gasteiger partial charge in [-0.05, 0) is 36.4 Å². The summed E-state index contributed by atoms with van der Waals surface area (Å²) >= 11 is 3.30. The average molecular weight is 376 g/mol. The molecular weight excluding hydrogens is 362 g/mol. The minimum absolute atomic E-state index is 0.0188. The number of nitrogens with one attached hydrogen (secondary N) is 1. The maximum Gasteiger partial charge on any atom is 0.355 e. The van der Waals surface area contributed by atoms with Crippen molar-refractivity contribution >= 4 is 33.9 Å². The molecule has 1 aromatic heterocycles. The number of ether oxygens (including phenoxy) is 1. The Hall–Kier alpha value is -2.60. The van der Waals surface area contributed by atoms with Crippen molar-refractivity contribution in [1.82, 2.24) is 5.32 Å². The Labute approximate surface area is 141 Å². The lowest BCUT2D eigenvalue weighted by Gasteiger charge is -2.09. The van der Waals surface area contributed by atoms with Gasteiger partial charge in [0.15, 0.2) is 0 Å². The predicted octanol–water partition coefficient (Wildman–Crippen LogP) is 3.54. The van der Waals surface area contributed by atoms with Crippen LogP contribution in [0.5, 0.6) is 0 Å². The van der Waals surface area contributed by atoms with E-state index < -0.39 is 11.9 Å². The molecule has 23 heavy (non-hydrogen) atoms. The Balaban J connectivity index is 2.19. The van der Waals surface area contributed by atoms with E-state index in [2.05, 4.69) is 27.8 Å². The van der Waals surface area contributed by atoms with Crippen molar-refractivity contribution in [2.45, 2.75) is 0 Å². The molecule has 0 saturated carbocycles. The SMILES string of the molecule is C=CCOC(=O)/C(=C/c1ccco1)NC(=O)c1ccc(Br)cc1. The molecule has 0 aliphatic carbocycles. The molecule has 0 atom stereocenters. The second-order valence-electron chi connectivity index (χ2n) is 4.42. The number of carbonyl (C=O) groups excluding carboxylic acids is 2. The van der Waals surface area contributed by atoms with E-state index in [1.54, 1.807) is 36.4 Å². The van der Waals surface area contributed by atoms with Crippen LogP contribution in [0.15, 0.2) is 69.9 Å². The van der Waals surface area contributed by atoms with Crippen LogP contribution in [-0.2, 0) is 9.53 Å². The molecule has 2 aromatic rings. The molecule has 118 valence electrons. The molecule has 0 unspecified atom stereocenters. The molecule has 1 N–H and O–H groups in total. The molecule has 5 nitrogen and oxygen atoms in total. The lowest BCUT2D eigenvalue weighted by molar-refractivity contribution is -0.138. The highest BCUT2D eigenvalue weighted by Gasteiger charge is 2.16. The summed E-state index contributed by atoms with van der Waals surface area (Å²) in [5.41, 5.74) is 0.393. The van der Waals surface area contributed by atoms with E-state index in [0.717, 1.165) is 4.47 Å². The van der Waals surface area contributed by atoms with Crippen LogP contribution in [0.4, 0.5) is 0 Å². The summed E-state index contributed by atoms with van der Waals surface area (Å²) in [5.74, 6) is -0.677. The second kappa shape index (κ2) is 8.14. The van der Waals surface area contributed by atoms with Gasteiger partial charge in [-0.25, -0.2) is 4.79 Å². The molecule has 0 fully saturated rings. The standard InChI is InChI=1S/C17H14BrNO4/c1-2-9-23-17(21)15(11-14-4-3-10-22-14)19-16(20)12-5-7-13(18)8-6-12/h2-8,10-11H,1,9H2,(H,19,20)/b15-11-. The van der Waals surface area contributed by atoms with Crippen LogP contribution in [-0.4, -0.2) is 18.5 Å². The number of furan rings is 1. The topological polar surface area (TPSA) is 68.5 Å². The van der Waals surface area contributed by atoms with Gasteiger partial charge in [-0.15, -0.1) is 0 Å². The van der Waals surface area contributed by atoms with Crippen LogP contribution in [0.3, 0.4) is 0 Å². The lowest BCUT2D eigenvalue weighted by atomic mass is 10.2. The Kier molecular flexibility index (Phi) is 5.94. The number of esters is 1. The Morgan fingerprint density at radius 1 is 1.26 bits per heavy atom. The minimum Gasteiger partial charge on any atom is -0.465 e. The van der Waals surface area contributed by atoms with E-state index in [0.29, 0.717) is 11.3 Å². The van der Waals surface area contributed by atoms with Crippen molar-refractivity contribution < 1.29 is 18.7 Å². The van der Waals surface area contributed by atoms with E-state index in [4.69, 9.17) is 9.15 Å². The fraction of sp³-hybridized carbons (Fsp3) is 0.0588. The summed E-state index contributed by atoms with van der Waals surface area (Å²) in [4.78, 5) is 24.3. The molecule has 0 saturated heterocycles. The highest BCUT2D eigenvalue weighted by Crippen LogP contribution is 2.12. The van der Waals surface area contributed by atoms with Gasteiger partial charge in [0.1, 0.15) is 18.1 Å². The number of carbonyl (C=O) groups is 2. The smallest absolute Gasteiger partial charge is 0.355 e. The van der Waals surface area contributed by atoms with Crippen molar-refractivity contribution in [1.29, 1.82) is 0 Å². The minimum atomic E-state index is -0.674. The van der Waals surface area contributed by atoms with E-state index >= 15 is 0 Å². The molecular formula is C17H14BrNO4. The van der Waals surface area contributed by atoms with Gasteiger partial charge in [0, 0.05) is 16.1 Å². The van der Waals surface area contributed by atoms with Gasteiger partial charge in [-0.1, -0.05) is 28.6 Å². The number of benzene rings is 1. The van der Waals surface area contributed by atoms with E-state index in [-0.39, 0.29) is 12.3 Å². The summed E-state index contributed by atoms with van der Waals surface area (Å²) in [7, 11) is 0. The third-order valence-electron chi connectivity index (χ3n) is 2.74. The van der Waals surface area contributed by atoms with Crippen molar-refractivity contribution in [2.75, 3.05) is 6.61 Å². The summed E-state index contributed by atoms with van der Waals surface area (Å²) in [6.45, 7) is 3.52. The van der Waals surface area contributed by atoms with Crippen molar-refractivity contribution in [3.63, 3.8) is 0 Å². The first-order chi connectivity index (χ1) is 11.1. The first-order valence-corrected chi connectivity index (χ1v) is 7.49. The molecule has 6 heteroatoms. The van der Waals surface area contributed by atoms with Crippen molar-refractivity contribution in [3.8, 4) is 0 Å². The molecule has 0 spiro atoms. The lowest BCUT2D eigenvalue weighted by Crippen LogP contribution is -2.28. The summed E-state index contributed by atoms with van der Waals surface area (Å²) in [6, 6.07) is 10.1. The number of rotatable bonds is 6. The molecule has 1 heterocycles. The van der Waals surface area contributed by atoms with Crippen LogP contribution in [0.25, 0.3) is 6.08 Å². The zero-order chi connectivity index (χ0) is 16.7. The molecule has 2 rings (SSSR count). The first kappa shape index (κ1) is 16.8. The van der Waals surface area contributed by atoms with Crippen LogP contribution < -0.4 is 5.32 Å². The molecule has 0 aliphatic heterocycles. The fourth-order valence-corrected chi connectivity index (χ4v) is 1.93. The maximum atomic E-state index is 12.2. The van der Waals surface area contributed by atoms with Gasteiger partial charge in [-0.3, -0.25) is 4.79 Å². The molecule has 0 radical (unpaired) electrons. The summed E-state index contributed by atoms with van der Waals surface area (Å²) in [6.07, 6.45) is 4.32. The van der Waals surface area contributed by atoms with Crippen LogP contribution in [0.1, 0.15) is 16.1 Å². The summed E-state index contributed by atoms with van der Waals surface area (Å²) in [5, 5.41) is 2.54. The molecule has 1 aromatic carbocycles. The highest BCUT2D eigenvalue weighted by atomic mass is 79.9. The van der Waals surface area contributed by atoms with Crippen molar-refractivity contribution in [2.24, 2.45) is 0 Å². The Bertz CT molecular complexity index is 718. The van der Waals surface area contributed by atoms with E-state index in [9.17, 15) is 9.59 Å². The molecule has 1 amide bonds. The van der Waals surface area contributed by atoms with Crippen LogP contribution in [0.2, 0.25) is 0 Å².